The molecule has 23 heavy (non-hydrogen) atoms. The summed E-state index contributed by atoms with van der Waals surface area (Å²) in [5.41, 5.74) is 1.81. The number of aliphatic hydroxyl groups excluding tert-OH is 1. The highest BCUT2D eigenvalue weighted by molar-refractivity contribution is 5.25. The number of hydrogen-bond acceptors (Lipinski definition) is 2. The lowest BCUT2D eigenvalue weighted by Crippen LogP contribution is -2.30. The molecule has 0 radical (unpaired) electrons. The molecule has 122 valence electrons. The fraction of sp³-hybridized carbons (Fsp3) is 0.263. The lowest BCUT2D eigenvalue weighted by atomic mass is 9.98. The van der Waals surface area contributed by atoms with E-state index in [1.54, 1.807) is 12.1 Å². The van der Waals surface area contributed by atoms with E-state index >= 15 is 0 Å². The predicted molar refractivity (Wildman–Crippen MR) is 88.1 cm³/mol. The highest BCUT2D eigenvalue weighted by Crippen LogP contribution is 2.21. The summed E-state index contributed by atoms with van der Waals surface area (Å²) in [5, 5.41) is 9.27. The Bertz CT molecular complexity index is 631. The van der Waals surface area contributed by atoms with Crippen LogP contribution in [0.1, 0.15) is 17.0 Å². The summed E-state index contributed by atoms with van der Waals surface area (Å²) in [5.74, 6) is -1.85. The summed E-state index contributed by atoms with van der Waals surface area (Å²) in [6, 6.07) is 13.8. The van der Waals surface area contributed by atoms with Crippen LogP contribution in [0.15, 0.2) is 61.2 Å². The lowest BCUT2D eigenvalue weighted by Gasteiger charge is -2.26. The summed E-state index contributed by atoms with van der Waals surface area (Å²) in [4.78, 5) is 2.07. The average molecular weight is 317 g/mol. The predicted octanol–water partition coefficient (Wildman–Crippen LogP) is 3.73. The maximum absolute atomic E-state index is 13.4. The van der Waals surface area contributed by atoms with Gasteiger partial charge >= 0.3 is 0 Å². The highest BCUT2D eigenvalue weighted by atomic mass is 19.2. The summed E-state index contributed by atoms with van der Waals surface area (Å²) in [6.07, 6.45) is 1.72. The summed E-state index contributed by atoms with van der Waals surface area (Å²) < 4.78 is 26.5. The zero-order valence-electron chi connectivity index (χ0n) is 13.0. The molecule has 0 fully saturated rings. The minimum Gasteiger partial charge on any atom is -0.395 e. The van der Waals surface area contributed by atoms with E-state index in [1.807, 2.05) is 30.3 Å². The molecule has 0 unspecified atom stereocenters. The van der Waals surface area contributed by atoms with Gasteiger partial charge in [0.25, 0.3) is 0 Å². The molecule has 0 aliphatic heterocycles. The number of nitrogens with zero attached hydrogens (tertiary/aromatic N) is 1. The van der Waals surface area contributed by atoms with Crippen LogP contribution in [0.2, 0.25) is 0 Å². The van der Waals surface area contributed by atoms with Crippen LogP contribution in [-0.2, 0) is 6.54 Å². The van der Waals surface area contributed by atoms with Crippen LogP contribution in [0.5, 0.6) is 0 Å². The van der Waals surface area contributed by atoms with E-state index < -0.39 is 11.6 Å². The maximum Gasteiger partial charge on any atom is 0.159 e. The van der Waals surface area contributed by atoms with Crippen molar-refractivity contribution < 1.29 is 13.9 Å². The molecule has 2 aromatic carbocycles. The Morgan fingerprint density at radius 1 is 1.09 bits per heavy atom. The van der Waals surface area contributed by atoms with E-state index in [0.29, 0.717) is 25.2 Å². The van der Waals surface area contributed by atoms with Crippen molar-refractivity contribution in [2.24, 2.45) is 0 Å². The van der Waals surface area contributed by atoms with Crippen LogP contribution >= 0.6 is 0 Å². The van der Waals surface area contributed by atoms with Gasteiger partial charge in [0.2, 0.25) is 0 Å². The molecule has 0 saturated carbocycles. The van der Waals surface area contributed by atoms with Crippen molar-refractivity contribution >= 4 is 0 Å². The molecule has 0 spiro atoms. The van der Waals surface area contributed by atoms with E-state index in [2.05, 4.69) is 11.5 Å². The number of halogens is 2. The topological polar surface area (TPSA) is 23.5 Å². The molecule has 0 amide bonds. The van der Waals surface area contributed by atoms with E-state index in [9.17, 15) is 13.9 Å². The van der Waals surface area contributed by atoms with Crippen LogP contribution in [-0.4, -0.2) is 29.7 Å². The quantitative estimate of drug-likeness (QED) is 0.750. The molecule has 2 nitrogen and oxygen atoms in total. The first kappa shape index (κ1) is 17.3. The Hall–Kier alpha value is -2.04. The van der Waals surface area contributed by atoms with Crippen LogP contribution in [0.4, 0.5) is 8.78 Å². The third kappa shape index (κ3) is 4.98. The molecule has 0 saturated heterocycles. The van der Waals surface area contributed by atoms with Crippen LogP contribution in [0.25, 0.3) is 0 Å². The van der Waals surface area contributed by atoms with Gasteiger partial charge in [-0.3, -0.25) is 4.90 Å². The smallest absolute Gasteiger partial charge is 0.159 e. The van der Waals surface area contributed by atoms with Gasteiger partial charge in [0.05, 0.1) is 6.61 Å². The van der Waals surface area contributed by atoms with Gasteiger partial charge in [-0.25, -0.2) is 8.78 Å². The summed E-state index contributed by atoms with van der Waals surface area (Å²) in [6.45, 7) is 5.59. The van der Waals surface area contributed by atoms with Crippen LogP contribution in [0, 0.1) is 11.6 Å². The van der Waals surface area contributed by atoms with Gasteiger partial charge in [-0.05, 0) is 23.3 Å². The first-order chi connectivity index (χ1) is 11.1. The molecule has 0 aliphatic rings. The largest absolute Gasteiger partial charge is 0.395 e. The minimum atomic E-state index is -0.855. The van der Waals surface area contributed by atoms with E-state index in [4.69, 9.17) is 0 Å². The summed E-state index contributed by atoms with van der Waals surface area (Å²) in [7, 11) is 0. The Morgan fingerprint density at radius 2 is 1.83 bits per heavy atom. The molecule has 0 heterocycles. The molecule has 2 rings (SSSR count). The first-order valence-corrected chi connectivity index (χ1v) is 7.58. The van der Waals surface area contributed by atoms with Gasteiger partial charge in [-0.1, -0.05) is 42.5 Å². The van der Waals surface area contributed by atoms with Crippen LogP contribution in [0.3, 0.4) is 0 Å². The van der Waals surface area contributed by atoms with Crippen LogP contribution < -0.4 is 0 Å². The van der Waals surface area contributed by atoms with E-state index in [-0.39, 0.29) is 12.5 Å². The number of hydrogen-bond donors (Lipinski definition) is 1. The van der Waals surface area contributed by atoms with E-state index in [1.165, 1.54) is 6.07 Å². The van der Waals surface area contributed by atoms with Gasteiger partial charge in [0.15, 0.2) is 11.6 Å². The molecule has 0 aliphatic carbocycles. The molecule has 4 heteroatoms. The molecule has 0 bridgehead atoms. The van der Waals surface area contributed by atoms with Gasteiger partial charge in [0.1, 0.15) is 0 Å². The second-order valence-corrected chi connectivity index (χ2v) is 5.46. The fourth-order valence-electron chi connectivity index (χ4n) is 2.56. The van der Waals surface area contributed by atoms with Crippen molar-refractivity contribution in [2.45, 2.75) is 12.5 Å². The Kier molecular flexibility index (Phi) is 6.44. The Labute approximate surface area is 135 Å². The number of rotatable bonds is 8. The van der Waals surface area contributed by atoms with Crippen molar-refractivity contribution in [3.8, 4) is 0 Å². The maximum atomic E-state index is 13.4. The fourth-order valence-corrected chi connectivity index (χ4v) is 2.56. The number of benzene rings is 2. The van der Waals surface area contributed by atoms with Gasteiger partial charge < -0.3 is 5.11 Å². The minimum absolute atomic E-state index is 0.0362. The average Bonchev–Trinajstić information content (AvgIpc) is 2.56. The van der Waals surface area contributed by atoms with Crippen molar-refractivity contribution in [1.82, 2.24) is 4.90 Å². The summed E-state index contributed by atoms with van der Waals surface area (Å²) >= 11 is 0. The number of aliphatic hydroxyl groups is 1. The zero-order valence-corrected chi connectivity index (χ0v) is 13.0. The third-order valence-corrected chi connectivity index (χ3v) is 3.78. The standard InChI is InChI=1S/C19H21F2NO/c1-2-16(17-8-9-18(20)19(21)12-17)14-22(10-11-23)13-15-6-4-3-5-7-15/h2-9,12,16,23H,1,10-11,13-14H2/t16-/m0/s1. The van der Waals surface area contributed by atoms with Crippen molar-refractivity contribution in [3.63, 3.8) is 0 Å². The van der Waals surface area contributed by atoms with Gasteiger partial charge in [-0.15, -0.1) is 6.58 Å². The molecule has 1 N–H and O–H groups in total. The Balaban J connectivity index is 2.12. The van der Waals surface area contributed by atoms with Crippen molar-refractivity contribution in [2.75, 3.05) is 19.7 Å². The normalized spacial score (nSPS) is 12.3. The monoisotopic (exact) mass is 317 g/mol. The second kappa shape index (κ2) is 8.56. The molecular formula is C19H21F2NO. The van der Waals surface area contributed by atoms with Gasteiger partial charge in [-0.2, -0.15) is 0 Å². The third-order valence-electron chi connectivity index (χ3n) is 3.78. The molecular weight excluding hydrogens is 296 g/mol. The molecule has 1 atom stereocenters. The van der Waals surface area contributed by atoms with E-state index in [0.717, 1.165) is 11.6 Å². The van der Waals surface area contributed by atoms with Gasteiger partial charge in [0, 0.05) is 25.6 Å². The zero-order chi connectivity index (χ0) is 16.7. The molecule has 2 aromatic rings. The SMILES string of the molecule is C=C[C@@H](CN(CCO)Cc1ccccc1)c1ccc(F)c(F)c1. The Morgan fingerprint density at radius 3 is 2.43 bits per heavy atom. The van der Waals surface area contributed by atoms with Crippen molar-refractivity contribution in [3.05, 3.63) is 83.9 Å². The first-order valence-electron chi connectivity index (χ1n) is 7.58. The highest BCUT2D eigenvalue weighted by Gasteiger charge is 2.15. The van der Waals surface area contributed by atoms with Crippen molar-refractivity contribution in [1.29, 1.82) is 0 Å². The molecule has 0 aromatic heterocycles. The lowest BCUT2D eigenvalue weighted by molar-refractivity contribution is 0.187. The second-order valence-electron chi connectivity index (χ2n) is 5.46.